The fraction of sp³-hybridized carbons (Fsp3) is 0.500. The van der Waals surface area contributed by atoms with Gasteiger partial charge in [-0.25, -0.2) is 9.97 Å². The Morgan fingerprint density at radius 1 is 1.33 bits per heavy atom. The maximum absolute atomic E-state index is 13.1. The van der Waals surface area contributed by atoms with E-state index in [1.54, 1.807) is 4.57 Å². The van der Waals surface area contributed by atoms with Crippen LogP contribution in [0.15, 0.2) is 23.4 Å². The number of anilines is 2. The Morgan fingerprint density at radius 3 is 2.93 bits per heavy atom. The van der Waals surface area contributed by atoms with Crippen LogP contribution < -0.4 is 20.9 Å². The summed E-state index contributed by atoms with van der Waals surface area (Å²) >= 11 is 6.45. The number of hydrogen-bond donors (Lipinski definition) is 3. The quantitative estimate of drug-likeness (QED) is 0.736. The third-order valence-electron chi connectivity index (χ3n) is 4.59. The lowest BCUT2D eigenvalue weighted by atomic mass is 10.1. The molecule has 3 N–H and O–H groups in total. The highest BCUT2D eigenvalue weighted by Gasteiger charge is 2.21. The molecule has 146 valence electrons. The van der Waals surface area contributed by atoms with Crippen molar-refractivity contribution in [2.45, 2.75) is 44.9 Å². The summed E-state index contributed by atoms with van der Waals surface area (Å²) in [5.41, 5.74) is 0.391. The van der Waals surface area contributed by atoms with Gasteiger partial charge in [0.25, 0.3) is 5.56 Å². The molecule has 1 atom stereocenters. The molecule has 0 spiro atoms. The summed E-state index contributed by atoms with van der Waals surface area (Å²) in [7, 11) is 1.50. The zero-order valence-electron chi connectivity index (χ0n) is 15.2. The van der Waals surface area contributed by atoms with E-state index in [1.807, 2.05) is 0 Å². The zero-order valence-corrected chi connectivity index (χ0v) is 16.0. The molecule has 0 aromatic carbocycles. The number of rotatable bonds is 3. The highest BCUT2D eigenvalue weighted by molar-refractivity contribution is 6.31. The molecule has 0 saturated carbocycles. The Hall–Kier alpha value is -2.16. The predicted molar refractivity (Wildman–Crippen MR) is 104 cm³/mol. The molecule has 1 unspecified atom stereocenters. The van der Waals surface area contributed by atoms with Crippen molar-refractivity contribution in [3.8, 4) is 5.75 Å². The van der Waals surface area contributed by atoms with Gasteiger partial charge in [0.05, 0.1) is 24.0 Å². The van der Waals surface area contributed by atoms with Crippen molar-refractivity contribution in [2.75, 3.05) is 19.0 Å². The monoisotopic (exact) mass is 393 g/mol. The predicted octanol–water partition coefficient (Wildman–Crippen LogP) is 2.59. The van der Waals surface area contributed by atoms with Crippen molar-refractivity contribution in [1.82, 2.24) is 19.9 Å². The number of aromatic nitrogens is 3. The summed E-state index contributed by atoms with van der Waals surface area (Å²) in [5.74, 6) is 0.785. The number of nitrogens with zero attached hydrogens (tertiary/aromatic N) is 3. The van der Waals surface area contributed by atoms with Crippen molar-refractivity contribution in [3.63, 3.8) is 0 Å². The van der Waals surface area contributed by atoms with Crippen LogP contribution in [-0.4, -0.2) is 33.3 Å². The van der Waals surface area contributed by atoms with E-state index in [9.17, 15) is 9.90 Å². The molecule has 3 rings (SSSR count). The second-order valence-corrected chi connectivity index (χ2v) is 6.84. The maximum atomic E-state index is 13.1. The molecule has 0 bridgehead atoms. The third-order valence-corrected chi connectivity index (χ3v) is 4.89. The minimum absolute atomic E-state index is 0.267. The number of halogens is 1. The number of nitrogens with one attached hydrogen (secondary N) is 2. The van der Waals surface area contributed by atoms with Gasteiger partial charge in [-0.2, -0.15) is 0 Å². The SMILES string of the molecule is COc1cncnc1Nc1cc(Cl)c2n(c1=O)CCCCCCCNC2O. The summed E-state index contributed by atoms with van der Waals surface area (Å²) in [6.07, 6.45) is 6.92. The van der Waals surface area contributed by atoms with Crippen LogP contribution in [0.1, 0.15) is 44.0 Å². The number of aliphatic hydroxyl groups is 1. The molecule has 1 aliphatic rings. The van der Waals surface area contributed by atoms with Crippen LogP contribution in [0, 0.1) is 0 Å². The lowest BCUT2D eigenvalue weighted by Gasteiger charge is -2.21. The fourth-order valence-corrected chi connectivity index (χ4v) is 3.50. The zero-order chi connectivity index (χ0) is 19.2. The Labute approximate surface area is 162 Å². The first-order valence-electron chi connectivity index (χ1n) is 9.07. The van der Waals surface area contributed by atoms with Gasteiger partial charge < -0.3 is 19.7 Å². The molecule has 0 fully saturated rings. The molecular weight excluding hydrogens is 370 g/mol. The van der Waals surface area contributed by atoms with E-state index in [2.05, 4.69) is 20.6 Å². The molecular formula is C18H24ClN5O3. The topological polar surface area (TPSA) is 101 Å². The van der Waals surface area contributed by atoms with E-state index in [1.165, 1.54) is 25.7 Å². The van der Waals surface area contributed by atoms with Crippen molar-refractivity contribution < 1.29 is 9.84 Å². The maximum Gasteiger partial charge on any atom is 0.274 e. The molecule has 0 aliphatic carbocycles. The van der Waals surface area contributed by atoms with Gasteiger partial charge in [-0.3, -0.25) is 10.1 Å². The van der Waals surface area contributed by atoms with Gasteiger partial charge in [-0.15, -0.1) is 0 Å². The van der Waals surface area contributed by atoms with E-state index in [-0.39, 0.29) is 11.2 Å². The Bertz CT molecular complexity index is 842. The van der Waals surface area contributed by atoms with Gasteiger partial charge >= 0.3 is 0 Å². The van der Waals surface area contributed by atoms with E-state index in [4.69, 9.17) is 16.3 Å². The number of pyridine rings is 1. The van der Waals surface area contributed by atoms with Crippen LogP contribution >= 0.6 is 11.6 Å². The average molecular weight is 394 g/mol. The van der Waals surface area contributed by atoms with Crippen LogP contribution in [0.2, 0.25) is 5.02 Å². The van der Waals surface area contributed by atoms with Crippen molar-refractivity contribution in [3.05, 3.63) is 39.7 Å². The number of aliphatic hydroxyl groups excluding tert-OH is 1. The summed E-state index contributed by atoms with van der Waals surface area (Å²) in [4.78, 5) is 21.1. The lowest BCUT2D eigenvalue weighted by molar-refractivity contribution is 0.129. The van der Waals surface area contributed by atoms with Crippen LogP contribution in [0.25, 0.3) is 0 Å². The molecule has 8 nitrogen and oxygen atoms in total. The Kier molecular flexibility index (Phi) is 6.65. The molecule has 2 aromatic heterocycles. The minimum atomic E-state index is -0.995. The summed E-state index contributed by atoms with van der Waals surface area (Å²) in [6, 6.07) is 1.52. The van der Waals surface area contributed by atoms with Gasteiger partial charge in [0.2, 0.25) is 0 Å². The van der Waals surface area contributed by atoms with Crippen LogP contribution in [-0.2, 0) is 6.54 Å². The molecule has 27 heavy (non-hydrogen) atoms. The van der Waals surface area contributed by atoms with Crippen molar-refractivity contribution in [2.24, 2.45) is 0 Å². The summed E-state index contributed by atoms with van der Waals surface area (Å²) in [5, 5.41) is 16.9. The molecule has 1 aliphatic heterocycles. The summed E-state index contributed by atoms with van der Waals surface area (Å²) in [6.45, 7) is 1.16. The molecule has 3 heterocycles. The molecule has 0 saturated heterocycles. The van der Waals surface area contributed by atoms with Crippen molar-refractivity contribution in [1.29, 1.82) is 0 Å². The van der Waals surface area contributed by atoms with Crippen LogP contribution in [0.3, 0.4) is 0 Å². The number of hydrogen-bond acceptors (Lipinski definition) is 7. The Balaban J connectivity index is 2.01. The minimum Gasteiger partial charge on any atom is -0.491 e. The molecule has 0 radical (unpaired) electrons. The average Bonchev–Trinajstić information content (AvgIpc) is 2.71. The van der Waals surface area contributed by atoms with Crippen molar-refractivity contribution >= 4 is 23.1 Å². The van der Waals surface area contributed by atoms with Crippen LogP contribution in [0.4, 0.5) is 11.5 Å². The first-order valence-corrected chi connectivity index (χ1v) is 9.45. The number of ether oxygens (including phenoxy) is 1. The largest absolute Gasteiger partial charge is 0.491 e. The molecule has 9 heteroatoms. The normalized spacial score (nSPS) is 18.3. The van der Waals surface area contributed by atoms with Gasteiger partial charge in [0, 0.05) is 6.54 Å². The summed E-state index contributed by atoms with van der Waals surface area (Å²) < 4.78 is 6.76. The van der Waals surface area contributed by atoms with Gasteiger partial charge in [-0.05, 0) is 25.5 Å². The molecule has 0 amide bonds. The Morgan fingerprint density at radius 2 is 2.11 bits per heavy atom. The number of methoxy groups -OCH3 is 1. The highest BCUT2D eigenvalue weighted by atomic mass is 35.5. The molecule has 2 aromatic rings. The fourth-order valence-electron chi connectivity index (χ4n) is 3.18. The van der Waals surface area contributed by atoms with E-state index < -0.39 is 6.23 Å². The second-order valence-electron chi connectivity index (χ2n) is 6.44. The van der Waals surface area contributed by atoms with Gasteiger partial charge in [0.15, 0.2) is 11.6 Å². The van der Waals surface area contributed by atoms with Gasteiger partial charge in [0.1, 0.15) is 18.2 Å². The number of fused-ring (bicyclic) bond motifs is 1. The highest BCUT2D eigenvalue weighted by Crippen LogP contribution is 2.27. The first kappa shape index (κ1) is 19.6. The second kappa shape index (κ2) is 9.16. The van der Waals surface area contributed by atoms with E-state index in [0.717, 1.165) is 32.1 Å². The van der Waals surface area contributed by atoms with Crippen LogP contribution in [0.5, 0.6) is 5.75 Å². The van der Waals surface area contributed by atoms with E-state index >= 15 is 0 Å². The standard InChI is InChI=1S/C18H24ClN5O3/c1-27-14-10-20-11-22-16(14)23-13-9-12(19)15-17(25)21-7-5-3-2-4-6-8-24(15)18(13)26/h9-11,17,21,25H,2-8H2,1H3,(H,20,22,23). The smallest absolute Gasteiger partial charge is 0.274 e. The van der Waals surface area contributed by atoms with E-state index in [0.29, 0.717) is 35.4 Å². The third kappa shape index (κ3) is 4.58. The van der Waals surface area contributed by atoms with Gasteiger partial charge in [-0.1, -0.05) is 30.9 Å². The first-order chi connectivity index (χ1) is 13.1. The lowest BCUT2D eigenvalue weighted by Crippen LogP contribution is -2.32.